The Kier molecular flexibility index (Phi) is 3.29. The molecule has 0 unspecified atom stereocenters. The van der Waals surface area contributed by atoms with E-state index in [0.29, 0.717) is 0 Å². The SMILES string of the molecule is CC(=O)c1c(F)c(F)c([N+](C)(C)C)c(F)c1F. The topological polar surface area (TPSA) is 17.1 Å². The molecule has 0 saturated carbocycles. The maximum absolute atomic E-state index is 13.6. The standard InChI is InChI=1S/C11H12F4NO/c1-5(17)6-7(12)9(14)11(16(2,3)4)10(15)8(6)13/h1-4H3/q+1. The maximum Gasteiger partial charge on any atom is 0.223 e. The van der Waals surface area contributed by atoms with Crippen LogP contribution in [-0.2, 0) is 0 Å². The van der Waals surface area contributed by atoms with E-state index >= 15 is 0 Å². The Morgan fingerprint density at radius 3 is 1.47 bits per heavy atom. The summed E-state index contributed by atoms with van der Waals surface area (Å²) in [6.07, 6.45) is 0. The lowest BCUT2D eigenvalue weighted by atomic mass is 10.1. The third kappa shape index (κ3) is 2.17. The summed E-state index contributed by atoms with van der Waals surface area (Å²) in [4.78, 5) is 10.9. The first kappa shape index (κ1) is 13.6. The normalized spacial score (nSPS) is 11.8. The number of hydrogen-bond acceptors (Lipinski definition) is 1. The second-order valence-corrected chi connectivity index (χ2v) is 4.55. The fourth-order valence-corrected chi connectivity index (χ4v) is 1.52. The summed E-state index contributed by atoms with van der Waals surface area (Å²) in [7, 11) is 4.06. The van der Waals surface area contributed by atoms with Crippen LogP contribution in [0.1, 0.15) is 17.3 Å². The molecule has 0 aromatic heterocycles. The third-order valence-electron chi connectivity index (χ3n) is 2.26. The predicted molar refractivity (Wildman–Crippen MR) is 55.8 cm³/mol. The molecule has 2 nitrogen and oxygen atoms in total. The number of nitrogens with zero attached hydrogens (tertiary/aromatic N) is 1. The quantitative estimate of drug-likeness (QED) is 0.341. The molecule has 0 aliphatic carbocycles. The Bertz CT molecular complexity index is 462. The number of carbonyl (C=O) groups is 1. The number of ketones is 1. The molecule has 0 amide bonds. The molecular formula is C11H12F4NO+. The molecule has 1 aromatic rings. The highest BCUT2D eigenvalue weighted by Crippen LogP contribution is 2.32. The van der Waals surface area contributed by atoms with Crippen molar-refractivity contribution >= 4 is 11.5 Å². The molecule has 0 radical (unpaired) electrons. The molecule has 94 valence electrons. The van der Waals surface area contributed by atoms with E-state index in [-0.39, 0.29) is 0 Å². The summed E-state index contributed by atoms with van der Waals surface area (Å²) < 4.78 is 53.7. The number of halogens is 4. The molecule has 1 aromatic carbocycles. The molecule has 0 aliphatic heterocycles. The monoisotopic (exact) mass is 250 g/mol. The van der Waals surface area contributed by atoms with Crippen LogP contribution in [0.3, 0.4) is 0 Å². The van der Waals surface area contributed by atoms with Gasteiger partial charge >= 0.3 is 0 Å². The van der Waals surface area contributed by atoms with Gasteiger partial charge in [-0.15, -0.1) is 0 Å². The predicted octanol–water partition coefficient (Wildman–Crippen LogP) is 2.64. The fourth-order valence-electron chi connectivity index (χ4n) is 1.52. The minimum absolute atomic E-state index is 0.441. The summed E-state index contributed by atoms with van der Waals surface area (Å²) in [5.41, 5.74) is -1.94. The largest absolute Gasteiger partial charge is 0.294 e. The van der Waals surface area contributed by atoms with Crippen molar-refractivity contribution in [1.29, 1.82) is 0 Å². The van der Waals surface area contributed by atoms with Gasteiger partial charge in [-0.3, -0.25) is 9.28 Å². The molecule has 0 atom stereocenters. The molecule has 6 heteroatoms. The van der Waals surface area contributed by atoms with Crippen molar-refractivity contribution in [2.75, 3.05) is 21.1 Å². The molecule has 0 fully saturated rings. The van der Waals surface area contributed by atoms with Gasteiger partial charge in [-0.05, 0) is 6.92 Å². The summed E-state index contributed by atoms with van der Waals surface area (Å²) in [5, 5.41) is 0. The smallest absolute Gasteiger partial charge is 0.223 e. The molecule has 0 aliphatic rings. The van der Waals surface area contributed by atoms with Crippen LogP contribution in [0, 0.1) is 23.3 Å². The van der Waals surface area contributed by atoms with Crippen LogP contribution in [0.2, 0.25) is 0 Å². The van der Waals surface area contributed by atoms with Crippen molar-refractivity contribution < 1.29 is 22.4 Å². The van der Waals surface area contributed by atoms with Gasteiger partial charge in [0.1, 0.15) is 0 Å². The molecule has 0 saturated heterocycles. The molecule has 0 heterocycles. The second kappa shape index (κ2) is 4.10. The van der Waals surface area contributed by atoms with E-state index in [1.165, 1.54) is 21.1 Å². The molecule has 0 bridgehead atoms. The van der Waals surface area contributed by atoms with Crippen LogP contribution in [0.25, 0.3) is 0 Å². The van der Waals surface area contributed by atoms with Gasteiger partial charge in [0.25, 0.3) is 0 Å². The van der Waals surface area contributed by atoms with Gasteiger partial charge in [0.15, 0.2) is 17.4 Å². The first-order chi connectivity index (χ1) is 7.59. The Hall–Kier alpha value is -1.43. The first-order valence-corrected chi connectivity index (χ1v) is 4.78. The molecule has 0 N–H and O–H groups in total. The van der Waals surface area contributed by atoms with Crippen molar-refractivity contribution in [2.45, 2.75) is 6.92 Å². The zero-order valence-electron chi connectivity index (χ0n) is 9.87. The number of benzene rings is 1. The highest BCUT2D eigenvalue weighted by atomic mass is 19.2. The Morgan fingerprint density at radius 1 is 0.882 bits per heavy atom. The summed E-state index contributed by atoms with van der Waals surface area (Å²) in [6, 6.07) is 0. The van der Waals surface area contributed by atoms with Gasteiger partial charge in [0.2, 0.25) is 17.3 Å². The zero-order valence-corrected chi connectivity index (χ0v) is 9.87. The number of Topliss-reactive ketones (excluding diaryl/α,β-unsaturated/α-hetero) is 1. The van der Waals surface area contributed by atoms with Crippen LogP contribution in [0.4, 0.5) is 23.2 Å². The fraction of sp³-hybridized carbons (Fsp3) is 0.364. The minimum Gasteiger partial charge on any atom is -0.294 e. The van der Waals surface area contributed by atoms with Crippen LogP contribution >= 0.6 is 0 Å². The van der Waals surface area contributed by atoms with Gasteiger partial charge in [-0.2, -0.15) is 8.78 Å². The molecule has 17 heavy (non-hydrogen) atoms. The average Bonchev–Trinajstić information content (AvgIpc) is 2.12. The van der Waals surface area contributed by atoms with E-state index in [9.17, 15) is 22.4 Å². The van der Waals surface area contributed by atoms with Crippen molar-refractivity contribution in [3.8, 4) is 0 Å². The van der Waals surface area contributed by atoms with Crippen LogP contribution < -0.4 is 4.48 Å². The van der Waals surface area contributed by atoms with E-state index in [1.54, 1.807) is 0 Å². The zero-order chi connectivity index (χ0) is 13.5. The number of rotatable bonds is 2. The van der Waals surface area contributed by atoms with E-state index in [0.717, 1.165) is 6.92 Å². The molecule has 1 rings (SSSR count). The van der Waals surface area contributed by atoms with E-state index in [2.05, 4.69) is 0 Å². The number of quaternary nitrogens is 1. The summed E-state index contributed by atoms with van der Waals surface area (Å²) in [5.74, 6) is -7.45. The van der Waals surface area contributed by atoms with Crippen molar-refractivity contribution in [1.82, 2.24) is 4.48 Å². The highest BCUT2D eigenvalue weighted by molar-refractivity contribution is 5.95. The van der Waals surface area contributed by atoms with Crippen LogP contribution in [0.15, 0.2) is 0 Å². The van der Waals surface area contributed by atoms with Crippen molar-refractivity contribution in [3.63, 3.8) is 0 Å². The number of carbonyl (C=O) groups excluding carboxylic acids is 1. The summed E-state index contributed by atoms with van der Waals surface area (Å²) >= 11 is 0. The van der Waals surface area contributed by atoms with Gasteiger partial charge in [-0.1, -0.05) is 0 Å². The van der Waals surface area contributed by atoms with Crippen molar-refractivity contribution in [3.05, 3.63) is 28.8 Å². The lowest BCUT2D eigenvalue weighted by Gasteiger charge is -2.25. The van der Waals surface area contributed by atoms with E-state index in [1.807, 2.05) is 0 Å². The van der Waals surface area contributed by atoms with Crippen LogP contribution in [0.5, 0.6) is 0 Å². The average molecular weight is 250 g/mol. The molecule has 0 spiro atoms. The maximum atomic E-state index is 13.6. The van der Waals surface area contributed by atoms with Gasteiger partial charge in [0.05, 0.1) is 26.7 Å². The van der Waals surface area contributed by atoms with Crippen molar-refractivity contribution in [2.24, 2.45) is 0 Å². The summed E-state index contributed by atoms with van der Waals surface area (Å²) in [6.45, 7) is 0.839. The van der Waals surface area contributed by atoms with Gasteiger partial charge in [-0.25, -0.2) is 8.78 Å². The minimum atomic E-state index is -1.65. The third-order valence-corrected chi connectivity index (χ3v) is 2.26. The lowest BCUT2D eigenvalue weighted by Crippen LogP contribution is -2.37. The Morgan fingerprint density at radius 2 is 1.24 bits per heavy atom. The highest BCUT2D eigenvalue weighted by Gasteiger charge is 2.34. The van der Waals surface area contributed by atoms with Gasteiger partial charge < -0.3 is 0 Å². The van der Waals surface area contributed by atoms with Gasteiger partial charge in [0, 0.05) is 0 Å². The van der Waals surface area contributed by atoms with E-state index < -0.39 is 44.8 Å². The van der Waals surface area contributed by atoms with E-state index in [4.69, 9.17) is 0 Å². The Balaban J connectivity index is 3.77. The first-order valence-electron chi connectivity index (χ1n) is 4.78. The van der Waals surface area contributed by atoms with Crippen LogP contribution in [-0.4, -0.2) is 26.9 Å². The molecular weight excluding hydrogens is 238 g/mol. The lowest BCUT2D eigenvalue weighted by molar-refractivity contribution is 0.100. The Labute approximate surface area is 96.0 Å². The second-order valence-electron chi connectivity index (χ2n) is 4.55. The number of hydrogen-bond donors (Lipinski definition) is 0.